The van der Waals surface area contributed by atoms with Crippen LogP contribution < -0.4 is 5.32 Å². The number of aromatic nitrogens is 2. The van der Waals surface area contributed by atoms with E-state index in [0.29, 0.717) is 5.52 Å². The van der Waals surface area contributed by atoms with E-state index in [4.69, 9.17) is 0 Å². The van der Waals surface area contributed by atoms with Crippen LogP contribution in [-0.2, 0) is 0 Å². The van der Waals surface area contributed by atoms with Gasteiger partial charge in [0, 0.05) is 22.8 Å². The van der Waals surface area contributed by atoms with Gasteiger partial charge in [0.2, 0.25) is 0 Å². The van der Waals surface area contributed by atoms with Crippen LogP contribution in [-0.4, -0.2) is 15.1 Å². The van der Waals surface area contributed by atoms with Gasteiger partial charge in [0.1, 0.15) is 17.1 Å². The van der Waals surface area contributed by atoms with E-state index in [9.17, 15) is 5.11 Å². The van der Waals surface area contributed by atoms with E-state index in [2.05, 4.69) is 46.5 Å². The van der Waals surface area contributed by atoms with Gasteiger partial charge in [-0.3, -0.25) is 0 Å². The van der Waals surface area contributed by atoms with Crippen LogP contribution in [0.4, 0.5) is 5.82 Å². The Morgan fingerprint density at radius 3 is 2.41 bits per heavy atom. The maximum Gasteiger partial charge on any atom is 0.147 e. The van der Waals surface area contributed by atoms with Crippen LogP contribution in [0, 0.1) is 13.8 Å². The van der Waals surface area contributed by atoms with Crippen LogP contribution in [0.15, 0.2) is 72.9 Å². The van der Waals surface area contributed by atoms with Crippen LogP contribution in [0.2, 0.25) is 0 Å². The van der Waals surface area contributed by atoms with Crippen molar-refractivity contribution in [3.05, 3.63) is 95.3 Å². The minimum atomic E-state index is -0.243. The summed E-state index contributed by atoms with van der Waals surface area (Å²) >= 11 is 0. The molecule has 1 atom stereocenters. The second-order valence-corrected chi connectivity index (χ2v) is 6.73. The van der Waals surface area contributed by atoms with Crippen LogP contribution in [0.5, 0.6) is 5.75 Å². The molecule has 1 unspecified atom stereocenters. The molecular formula is C23H21N3O. The summed E-state index contributed by atoms with van der Waals surface area (Å²) in [7, 11) is 0. The first kappa shape index (κ1) is 17.0. The van der Waals surface area contributed by atoms with Crippen LogP contribution >= 0.6 is 0 Å². The van der Waals surface area contributed by atoms with Crippen LogP contribution in [0.1, 0.15) is 28.4 Å². The van der Waals surface area contributed by atoms with Crippen molar-refractivity contribution in [2.75, 3.05) is 5.32 Å². The van der Waals surface area contributed by atoms with Gasteiger partial charge in [-0.1, -0.05) is 54.1 Å². The highest BCUT2D eigenvalue weighted by atomic mass is 16.3. The van der Waals surface area contributed by atoms with Crippen molar-refractivity contribution in [3.63, 3.8) is 0 Å². The lowest BCUT2D eigenvalue weighted by Crippen LogP contribution is -2.13. The van der Waals surface area contributed by atoms with Crippen molar-refractivity contribution in [3.8, 4) is 5.75 Å². The van der Waals surface area contributed by atoms with Crippen molar-refractivity contribution < 1.29 is 5.11 Å². The van der Waals surface area contributed by atoms with Gasteiger partial charge in [-0.25, -0.2) is 9.97 Å². The Labute approximate surface area is 158 Å². The van der Waals surface area contributed by atoms with Crippen molar-refractivity contribution in [2.45, 2.75) is 19.9 Å². The Morgan fingerprint density at radius 1 is 0.889 bits per heavy atom. The Kier molecular flexibility index (Phi) is 4.47. The summed E-state index contributed by atoms with van der Waals surface area (Å²) in [5.41, 5.74) is 4.51. The van der Waals surface area contributed by atoms with Gasteiger partial charge in [0.15, 0.2) is 0 Å². The monoisotopic (exact) mass is 355 g/mol. The molecule has 0 spiro atoms. The molecule has 27 heavy (non-hydrogen) atoms. The molecule has 0 saturated carbocycles. The van der Waals surface area contributed by atoms with Crippen molar-refractivity contribution in [1.29, 1.82) is 0 Å². The van der Waals surface area contributed by atoms with Crippen molar-refractivity contribution in [1.82, 2.24) is 9.97 Å². The third kappa shape index (κ3) is 3.47. The zero-order valence-corrected chi connectivity index (χ0v) is 15.3. The van der Waals surface area contributed by atoms with Gasteiger partial charge in [-0.15, -0.1) is 0 Å². The predicted molar refractivity (Wildman–Crippen MR) is 109 cm³/mol. The molecule has 2 N–H and O–H groups in total. The molecule has 2 heterocycles. The number of phenolic OH excluding ortho intramolecular Hbond substituents is 1. The average Bonchev–Trinajstić information content (AvgIpc) is 2.69. The molecule has 0 aliphatic heterocycles. The highest BCUT2D eigenvalue weighted by molar-refractivity contribution is 5.86. The number of aryl methyl sites for hydroxylation is 2. The summed E-state index contributed by atoms with van der Waals surface area (Å²) in [6.07, 6.45) is 1.75. The molecule has 4 nitrogen and oxygen atoms in total. The zero-order valence-electron chi connectivity index (χ0n) is 15.3. The SMILES string of the molecule is Cc1ccc(C(Nc2ccccn2)c2ccc3ccc(C)nc3c2O)cc1. The molecule has 4 rings (SSSR count). The average molecular weight is 355 g/mol. The number of fused-ring (bicyclic) bond motifs is 1. The summed E-state index contributed by atoms with van der Waals surface area (Å²) in [6, 6.07) is 21.7. The van der Waals surface area contributed by atoms with Crippen LogP contribution in [0.3, 0.4) is 0 Å². The first-order valence-corrected chi connectivity index (χ1v) is 8.95. The molecule has 0 aliphatic carbocycles. The summed E-state index contributed by atoms with van der Waals surface area (Å²) in [5, 5.41) is 15.4. The maximum atomic E-state index is 11.0. The number of hydrogen-bond acceptors (Lipinski definition) is 4. The molecule has 0 fully saturated rings. The molecule has 4 heteroatoms. The Balaban J connectivity index is 1.86. The highest BCUT2D eigenvalue weighted by Gasteiger charge is 2.20. The maximum absolute atomic E-state index is 11.0. The molecule has 0 bridgehead atoms. The number of hydrogen-bond donors (Lipinski definition) is 2. The summed E-state index contributed by atoms with van der Waals surface area (Å²) in [4.78, 5) is 8.92. The van der Waals surface area contributed by atoms with E-state index in [-0.39, 0.29) is 11.8 Å². The van der Waals surface area contributed by atoms with Gasteiger partial charge in [0.05, 0.1) is 6.04 Å². The van der Waals surface area contributed by atoms with E-state index in [1.807, 2.05) is 49.4 Å². The first-order chi connectivity index (χ1) is 13.1. The first-order valence-electron chi connectivity index (χ1n) is 8.95. The van der Waals surface area contributed by atoms with Gasteiger partial charge in [0.25, 0.3) is 0 Å². The number of benzene rings is 2. The minimum absolute atomic E-state index is 0.199. The number of pyridine rings is 2. The molecule has 0 radical (unpaired) electrons. The lowest BCUT2D eigenvalue weighted by atomic mass is 9.95. The quantitative estimate of drug-likeness (QED) is 0.531. The number of anilines is 1. The van der Waals surface area contributed by atoms with Gasteiger partial charge in [-0.2, -0.15) is 0 Å². The number of aromatic hydroxyl groups is 1. The lowest BCUT2D eigenvalue weighted by molar-refractivity contribution is 0.471. The second-order valence-electron chi connectivity index (χ2n) is 6.73. The topological polar surface area (TPSA) is 58.0 Å². The Morgan fingerprint density at radius 2 is 1.67 bits per heavy atom. The Bertz CT molecular complexity index is 1080. The van der Waals surface area contributed by atoms with E-state index in [0.717, 1.165) is 28.0 Å². The normalized spacial score (nSPS) is 12.1. The molecule has 2 aromatic carbocycles. The van der Waals surface area contributed by atoms with E-state index in [1.165, 1.54) is 5.56 Å². The third-order valence-electron chi connectivity index (χ3n) is 4.68. The predicted octanol–water partition coefficient (Wildman–Crippen LogP) is 5.15. The summed E-state index contributed by atoms with van der Waals surface area (Å²) < 4.78 is 0. The van der Waals surface area contributed by atoms with E-state index >= 15 is 0 Å². The minimum Gasteiger partial charge on any atom is -0.505 e. The van der Waals surface area contributed by atoms with Crippen molar-refractivity contribution in [2.24, 2.45) is 0 Å². The van der Waals surface area contributed by atoms with Gasteiger partial charge in [-0.05, 0) is 37.6 Å². The molecule has 0 amide bonds. The fraction of sp³-hybridized carbons (Fsp3) is 0.130. The number of nitrogens with zero attached hydrogens (tertiary/aromatic N) is 2. The van der Waals surface area contributed by atoms with E-state index in [1.54, 1.807) is 6.20 Å². The molecule has 0 saturated heterocycles. The smallest absolute Gasteiger partial charge is 0.147 e. The third-order valence-corrected chi connectivity index (χ3v) is 4.68. The molecule has 4 aromatic rings. The molecular weight excluding hydrogens is 334 g/mol. The largest absolute Gasteiger partial charge is 0.505 e. The zero-order chi connectivity index (χ0) is 18.8. The molecule has 134 valence electrons. The summed E-state index contributed by atoms with van der Waals surface area (Å²) in [6.45, 7) is 3.99. The second kappa shape index (κ2) is 7.08. The van der Waals surface area contributed by atoms with Gasteiger partial charge < -0.3 is 10.4 Å². The number of rotatable bonds is 4. The standard InChI is InChI=1S/C23H21N3O/c1-15-6-9-17(10-7-15)21(26-20-5-3-4-14-24-20)19-13-12-18-11-8-16(2)25-22(18)23(19)27/h3-14,21,27H,1-2H3,(H,24,26). The Hall–Kier alpha value is -3.40. The highest BCUT2D eigenvalue weighted by Crippen LogP contribution is 2.36. The fourth-order valence-electron chi connectivity index (χ4n) is 3.22. The van der Waals surface area contributed by atoms with Crippen molar-refractivity contribution >= 4 is 16.7 Å². The lowest BCUT2D eigenvalue weighted by Gasteiger charge is -2.22. The molecule has 2 aromatic heterocycles. The summed E-state index contributed by atoms with van der Waals surface area (Å²) in [5.74, 6) is 0.949. The number of nitrogens with one attached hydrogen (secondary N) is 1. The molecule has 0 aliphatic rings. The van der Waals surface area contributed by atoms with Crippen LogP contribution in [0.25, 0.3) is 10.9 Å². The van der Waals surface area contributed by atoms with E-state index < -0.39 is 0 Å². The number of phenols is 1. The van der Waals surface area contributed by atoms with Gasteiger partial charge >= 0.3 is 0 Å². The fourth-order valence-corrected chi connectivity index (χ4v) is 3.22.